The Morgan fingerprint density at radius 1 is 1.29 bits per heavy atom. The van der Waals surface area contributed by atoms with Gasteiger partial charge in [0.15, 0.2) is 5.82 Å². The summed E-state index contributed by atoms with van der Waals surface area (Å²) in [5.74, 6) is 1.74. The van der Waals surface area contributed by atoms with Crippen LogP contribution in [0.1, 0.15) is 35.1 Å². The molecule has 1 N–H and O–H groups in total. The van der Waals surface area contributed by atoms with Gasteiger partial charge in [-0.2, -0.15) is 5.10 Å². The minimum Gasteiger partial charge on any atom is -0.337 e. The molecule has 7 heteroatoms. The van der Waals surface area contributed by atoms with Gasteiger partial charge < -0.3 is 4.90 Å². The number of rotatable bonds is 3. The molecule has 3 aromatic rings. The molecular weight excluding hydrogens is 322 g/mol. The van der Waals surface area contributed by atoms with Gasteiger partial charge in [0, 0.05) is 30.0 Å². The van der Waals surface area contributed by atoms with Crippen LogP contribution in [0.4, 0.5) is 0 Å². The Bertz CT molecular complexity index is 815. The number of piperidine rings is 1. The van der Waals surface area contributed by atoms with Gasteiger partial charge in [-0.25, -0.2) is 9.97 Å². The van der Waals surface area contributed by atoms with Crippen LogP contribution in [-0.2, 0) is 0 Å². The number of aromatic amines is 1. The Morgan fingerprint density at radius 2 is 2.17 bits per heavy atom. The summed E-state index contributed by atoms with van der Waals surface area (Å²) in [4.78, 5) is 23.1. The molecule has 6 nitrogen and oxygen atoms in total. The summed E-state index contributed by atoms with van der Waals surface area (Å²) < 4.78 is 0. The van der Waals surface area contributed by atoms with E-state index in [0.29, 0.717) is 18.1 Å². The summed E-state index contributed by atoms with van der Waals surface area (Å²) >= 11 is 1.44. The van der Waals surface area contributed by atoms with Crippen molar-refractivity contribution in [2.24, 2.45) is 0 Å². The molecule has 1 aromatic carbocycles. The number of carbonyl (C=O) groups is 1. The Morgan fingerprint density at radius 3 is 2.96 bits per heavy atom. The van der Waals surface area contributed by atoms with E-state index in [4.69, 9.17) is 0 Å². The quantitative estimate of drug-likeness (QED) is 0.796. The zero-order valence-corrected chi connectivity index (χ0v) is 13.9. The van der Waals surface area contributed by atoms with Crippen LogP contribution in [0.5, 0.6) is 0 Å². The largest absolute Gasteiger partial charge is 0.337 e. The zero-order chi connectivity index (χ0) is 16.4. The number of amides is 1. The van der Waals surface area contributed by atoms with E-state index in [0.717, 1.165) is 30.8 Å². The van der Waals surface area contributed by atoms with Crippen molar-refractivity contribution in [2.45, 2.75) is 18.8 Å². The van der Waals surface area contributed by atoms with Crippen LogP contribution in [0.15, 0.2) is 41.2 Å². The monoisotopic (exact) mass is 339 g/mol. The van der Waals surface area contributed by atoms with Gasteiger partial charge in [0.2, 0.25) is 0 Å². The van der Waals surface area contributed by atoms with Gasteiger partial charge in [-0.05, 0) is 12.8 Å². The number of thiazole rings is 1. The lowest BCUT2D eigenvalue weighted by atomic mass is 9.97. The first-order valence-electron chi connectivity index (χ1n) is 7.96. The Hall–Kier alpha value is -2.54. The predicted octanol–water partition coefficient (Wildman–Crippen LogP) is 2.95. The van der Waals surface area contributed by atoms with Crippen molar-refractivity contribution in [1.82, 2.24) is 25.1 Å². The van der Waals surface area contributed by atoms with Crippen LogP contribution in [0.25, 0.3) is 11.4 Å². The molecular formula is C17H17N5OS. The molecule has 1 aliphatic rings. The lowest BCUT2D eigenvalue weighted by molar-refractivity contribution is 0.0699. The molecule has 122 valence electrons. The predicted molar refractivity (Wildman–Crippen MR) is 91.8 cm³/mol. The number of hydrogen-bond acceptors (Lipinski definition) is 5. The van der Waals surface area contributed by atoms with Gasteiger partial charge in [0.05, 0.1) is 5.51 Å². The molecule has 1 atom stereocenters. The maximum absolute atomic E-state index is 12.5. The highest BCUT2D eigenvalue weighted by molar-refractivity contribution is 7.07. The van der Waals surface area contributed by atoms with Crippen LogP contribution in [0.3, 0.4) is 0 Å². The molecule has 0 saturated carbocycles. The summed E-state index contributed by atoms with van der Waals surface area (Å²) in [6, 6.07) is 9.90. The fourth-order valence-corrected chi connectivity index (χ4v) is 3.56. The topological polar surface area (TPSA) is 74.8 Å². The van der Waals surface area contributed by atoms with Crippen molar-refractivity contribution in [3.63, 3.8) is 0 Å². The fraction of sp³-hybridized carbons (Fsp3) is 0.294. The summed E-state index contributed by atoms with van der Waals surface area (Å²) in [5, 5.41) is 9.19. The third-order valence-corrected chi connectivity index (χ3v) is 4.87. The van der Waals surface area contributed by atoms with E-state index in [-0.39, 0.29) is 11.8 Å². The van der Waals surface area contributed by atoms with Crippen LogP contribution in [0, 0.1) is 0 Å². The summed E-state index contributed by atoms with van der Waals surface area (Å²) in [6.07, 6.45) is 1.96. The number of nitrogens with zero attached hydrogens (tertiary/aromatic N) is 4. The van der Waals surface area contributed by atoms with Crippen molar-refractivity contribution >= 4 is 17.2 Å². The second-order valence-electron chi connectivity index (χ2n) is 5.87. The minimum atomic E-state index is 0.00347. The van der Waals surface area contributed by atoms with Crippen molar-refractivity contribution in [3.8, 4) is 11.4 Å². The maximum Gasteiger partial charge on any atom is 0.273 e. The average molecular weight is 339 g/mol. The van der Waals surface area contributed by atoms with E-state index in [2.05, 4.69) is 20.2 Å². The SMILES string of the molecule is O=C(c1cscn1)N1CCC[C@H](c2nc(-c3ccccc3)n[nH]2)C1. The number of carbonyl (C=O) groups excluding carboxylic acids is 1. The minimum absolute atomic E-state index is 0.00347. The molecule has 2 aromatic heterocycles. The number of aromatic nitrogens is 4. The third-order valence-electron chi connectivity index (χ3n) is 4.28. The summed E-state index contributed by atoms with van der Waals surface area (Å²) in [6.45, 7) is 1.42. The number of nitrogens with one attached hydrogen (secondary N) is 1. The standard InChI is InChI=1S/C17H17N5OS/c23-17(14-10-24-11-18-14)22-8-4-7-13(9-22)16-19-15(20-21-16)12-5-2-1-3-6-12/h1-3,5-6,10-11,13H,4,7-9H2,(H,19,20,21)/t13-/m0/s1. The van der Waals surface area contributed by atoms with E-state index in [1.54, 1.807) is 10.9 Å². The molecule has 3 heterocycles. The molecule has 4 rings (SSSR count). The van der Waals surface area contributed by atoms with Gasteiger partial charge in [-0.1, -0.05) is 30.3 Å². The number of benzene rings is 1. The normalized spacial score (nSPS) is 17.8. The summed E-state index contributed by atoms with van der Waals surface area (Å²) in [7, 11) is 0. The highest BCUT2D eigenvalue weighted by Crippen LogP contribution is 2.27. The lowest BCUT2D eigenvalue weighted by Gasteiger charge is -2.31. The molecule has 1 saturated heterocycles. The summed E-state index contributed by atoms with van der Waals surface area (Å²) in [5.41, 5.74) is 3.21. The van der Waals surface area contributed by atoms with E-state index >= 15 is 0 Å². The zero-order valence-electron chi connectivity index (χ0n) is 13.1. The molecule has 0 spiro atoms. The fourth-order valence-electron chi connectivity index (χ4n) is 3.04. The van der Waals surface area contributed by atoms with E-state index in [9.17, 15) is 4.79 Å². The first-order valence-corrected chi connectivity index (χ1v) is 8.91. The third kappa shape index (κ3) is 2.94. The van der Waals surface area contributed by atoms with Gasteiger partial charge >= 0.3 is 0 Å². The van der Waals surface area contributed by atoms with E-state index in [1.165, 1.54) is 11.3 Å². The van der Waals surface area contributed by atoms with Crippen molar-refractivity contribution in [2.75, 3.05) is 13.1 Å². The van der Waals surface area contributed by atoms with E-state index < -0.39 is 0 Å². The van der Waals surface area contributed by atoms with Crippen LogP contribution >= 0.6 is 11.3 Å². The van der Waals surface area contributed by atoms with Crippen molar-refractivity contribution in [1.29, 1.82) is 0 Å². The average Bonchev–Trinajstić information content (AvgIpc) is 3.34. The number of hydrogen-bond donors (Lipinski definition) is 1. The van der Waals surface area contributed by atoms with Gasteiger partial charge in [-0.15, -0.1) is 11.3 Å². The molecule has 0 unspecified atom stereocenters. The smallest absolute Gasteiger partial charge is 0.273 e. The molecule has 0 aliphatic carbocycles. The Balaban J connectivity index is 1.50. The molecule has 1 amide bonds. The Labute approximate surface area is 143 Å². The van der Waals surface area contributed by atoms with Gasteiger partial charge in [-0.3, -0.25) is 9.89 Å². The number of likely N-dealkylation sites (tertiary alicyclic amines) is 1. The molecule has 0 bridgehead atoms. The first-order chi connectivity index (χ1) is 11.8. The maximum atomic E-state index is 12.5. The number of H-pyrrole nitrogens is 1. The molecule has 1 aliphatic heterocycles. The highest BCUT2D eigenvalue weighted by atomic mass is 32.1. The van der Waals surface area contributed by atoms with Crippen LogP contribution in [0.2, 0.25) is 0 Å². The van der Waals surface area contributed by atoms with Crippen LogP contribution < -0.4 is 0 Å². The van der Waals surface area contributed by atoms with Crippen molar-refractivity contribution < 1.29 is 4.79 Å². The van der Waals surface area contributed by atoms with Crippen molar-refractivity contribution in [3.05, 3.63) is 52.7 Å². The molecule has 0 radical (unpaired) electrons. The highest BCUT2D eigenvalue weighted by Gasteiger charge is 2.28. The first kappa shape index (κ1) is 15.0. The molecule has 24 heavy (non-hydrogen) atoms. The Kier molecular flexibility index (Phi) is 4.08. The van der Waals surface area contributed by atoms with Gasteiger partial charge in [0.25, 0.3) is 5.91 Å². The lowest BCUT2D eigenvalue weighted by Crippen LogP contribution is -2.39. The molecule has 1 fully saturated rings. The van der Waals surface area contributed by atoms with Crippen LogP contribution in [-0.4, -0.2) is 44.1 Å². The van der Waals surface area contributed by atoms with E-state index in [1.807, 2.05) is 35.2 Å². The van der Waals surface area contributed by atoms with Gasteiger partial charge in [0.1, 0.15) is 11.5 Å². The second-order valence-corrected chi connectivity index (χ2v) is 6.59. The second kappa shape index (κ2) is 6.52.